The second kappa shape index (κ2) is 7.74. The fourth-order valence-electron chi connectivity index (χ4n) is 2.25. The van der Waals surface area contributed by atoms with Gasteiger partial charge in [-0.2, -0.15) is 0 Å². The molecule has 1 aliphatic heterocycles. The number of thioether (sulfide) groups is 1. The van der Waals surface area contributed by atoms with Gasteiger partial charge in [-0.1, -0.05) is 18.5 Å². The summed E-state index contributed by atoms with van der Waals surface area (Å²) in [4.78, 5) is 26.3. The topological polar surface area (TPSA) is 58.6 Å². The van der Waals surface area contributed by atoms with Crippen molar-refractivity contribution in [1.82, 2.24) is 5.32 Å². The Balaban J connectivity index is 2.11. The van der Waals surface area contributed by atoms with Crippen molar-refractivity contribution in [3.63, 3.8) is 0 Å². The second-order valence-corrected chi connectivity index (χ2v) is 6.96. The van der Waals surface area contributed by atoms with E-state index in [2.05, 4.69) is 17.0 Å². The van der Waals surface area contributed by atoms with Gasteiger partial charge in [0.05, 0.1) is 12.8 Å². The summed E-state index contributed by atoms with van der Waals surface area (Å²) in [6, 6.07) is 5.62. The predicted molar refractivity (Wildman–Crippen MR) is 88.8 cm³/mol. The third-order valence-electron chi connectivity index (χ3n) is 3.39. The number of ether oxygens (including phenoxy) is 1. The number of amides is 2. The Morgan fingerprint density at radius 3 is 3.00 bits per heavy atom. The maximum Gasteiger partial charge on any atom is 0.406 e. The Morgan fingerprint density at radius 2 is 2.27 bits per heavy atom. The van der Waals surface area contributed by atoms with Crippen molar-refractivity contribution in [3.05, 3.63) is 23.2 Å². The Labute approximate surface area is 139 Å². The van der Waals surface area contributed by atoms with Gasteiger partial charge in [0.25, 0.3) is 0 Å². The fraction of sp³-hybridized carbons (Fsp3) is 0.467. The average molecular weight is 343 g/mol. The first-order valence-corrected chi connectivity index (χ1v) is 8.35. The number of nitrogens with zero attached hydrogens (tertiary/aromatic N) is 1. The number of hydrogen-bond donors (Lipinski definition) is 1. The van der Waals surface area contributed by atoms with E-state index in [1.54, 1.807) is 16.7 Å². The van der Waals surface area contributed by atoms with Crippen LogP contribution in [0.2, 0.25) is 5.02 Å². The van der Waals surface area contributed by atoms with Gasteiger partial charge in [0.2, 0.25) is 5.91 Å². The molecule has 0 aromatic heterocycles. The molecule has 2 rings (SSSR count). The van der Waals surface area contributed by atoms with Crippen molar-refractivity contribution in [2.24, 2.45) is 0 Å². The van der Waals surface area contributed by atoms with Gasteiger partial charge in [-0.3, -0.25) is 4.79 Å². The van der Waals surface area contributed by atoms with Gasteiger partial charge in [-0.25, -0.2) is 4.79 Å². The van der Waals surface area contributed by atoms with Crippen LogP contribution in [0, 0.1) is 0 Å². The Hall–Kier alpha value is -1.40. The molecule has 0 unspecified atom stereocenters. The van der Waals surface area contributed by atoms with Crippen LogP contribution in [0.1, 0.15) is 19.8 Å². The largest absolute Gasteiger partial charge is 0.453 e. The number of halogens is 1. The summed E-state index contributed by atoms with van der Waals surface area (Å²) in [5.74, 6) is -0.0328. The van der Waals surface area contributed by atoms with Gasteiger partial charge in [0.1, 0.15) is 0 Å². The second-order valence-electron chi connectivity index (χ2n) is 5.04. The summed E-state index contributed by atoms with van der Waals surface area (Å²) in [5.41, 5.74) is 0.852. The highest BCUT2D eigenvalue weighted by molar-refractivity contribution is 8.00. The minimum atomic E-state index is -0.531. The quantitative estimate of drug-likeness (QED) is 0.915. The molecule has 7 heteroatoms. The average Bonchev–Trinajstić information content (AvgIpc) is 2.65. The van der Waals surface area contributed by atoms with Crippen LogP contribution in [0.15, 0.2) is 23.1 Å². The van der Waals surface area contributed by atoms with Crippen LogP contribution < -0.4 is 10.2 Å². The maximum atomic E-state index is 12.5. The van der Waals surface area contributed by atoms with E-state index in [4.69, 9.17) is 11.6 Å². The van der Waals surface area contributed by atoms with Crippen molar-refractivity contribution in [2.45, 2.75) is 29.9 Å². The minimum absolute atomic E-state index is 0.0328. The zero-order chi connectivity index (χ0) is 16.1. The molecule has 0 spiro atoms. The molecule has 0 bridgehead atoms. The van der Waals surface area contributed by atoms with Gasteiger partial charge >= 0.3 is 6.09 Å². The van der Waals surface area contributed by atoms with E-state index in [9.17, 15) is 9.59 Å². The maximum absolute atomic E-state index is 12.5. The van der Waals surface area contributed by atoms with E-state index in [-0.39, 0.29) is 18.9 Å². The molecule has 1 aromatic rings. The van der Waals surface area contributed by atoms with Crippen LogP contribution in [-0.2, 0) is 9.53 Å². The lowest BCUT2D eigenvalue weighted by Gasteiger charge is -2.23. The highest BCUT2D eigenvalue weighted by atomic mass is 35.5. The van der Waals surface area contributed by atoms with Crippen LogP contribution in [0.4, 0.5) is 10.5 Å². The number of rotatable bonds is 3. The molecular formula is C15H19ClN2O3S. The van der Waals surface area contributed by atoms with Crippen molar-refractivity contribution in [1.29, 1.82) is 0 Å². The zero-order valence-electron chi connectivity index (χ0n) is 12.6. The molecule has 5 nitrogen and oxygen atoms in total. The van der Waals surface area contributed by atoms with Crippen molar-refractivity contribution in [2.75, 3.05) is 25.1 Å². The Bertz CT molecular complexity index is 568. The first kappa shape index (κ1) is 17.0. The van der Waals surface area contributed by atoms with Gasteiger partial charge in [-0.15, -0.1) is 11.8 Å². The van der Waals surface area contributed by atoms with Gasteiger partial charge in [-0.05, 0) is 24.6 Å². The number of benzene rings is 1. The Kier molecular flexibility index (Phi) is 5.97. The lowest BCUT2D eigenvalue weighted by molar-refractivity contribution is -0.118. The minimum Gasteiger partial charge on any atom is -0.453 e. The van der Waals surface area contributed by atoms with Crippen LogP contribution in [0.3, 0.4) is 0 Å². The number of alkyl carbamates (subject to hydrolysis) is 1. The Morgan fingerprint density at radius 1 is 1.50 bits per heavy atom. The number of fused-ring (bicyclic) bond motifs is 1. The van der Waals surface area contributed by atoms with Crippen molar-refractivity contribution in [3.8, 4) is 0 Å². The molecule has 0 saturated carbocycles. The van der Waals surface area contributed by atoms with Crippen LogP contribution in [0.25, 0.3) is 0 Å². The number of anilines is 1. The smallest absolute Gasteiger partial charge is 0.406 e. The third kappa shape index (κ3) is 4.30. The molecule has 1 aliphatic rings. The fourth-order valence-corrected chi connectivity index (χ4v) is 3.51. The SMILES string of the molecule is COC(=O)NCCC(=O)N1CC[C@@H](C)Sc2ccc(Cl)cc21. The molecule has 0 fully saturated rings. The summed E-state index contributed by atoms with van der Waals surface area (Å²) < 4.78 is 4.49. The van der Waals surface area contributed by atoms with Gasteiger partial charge in [0.15, 0.2) is 0 Å². The third-order valence-corrected chi connectivity index (χ3v) is 4.87. The van der Waals surface area contributed by atoms with Crippen molar-refractivity contribution < 1.29 is 14.3 Å². The number of hydrogen-bond acceptors (Lipinski definition) is 4. The van der Waals surface area contributed by atoms with E-state index in [0.717, 1.165) is 17.0 Å². The summed E-state index contributed by atoms with van der Waals surface area (Å²) in [6.45, 7) is 3.05. The van der Waals surface area contributed by atoms with E-state index in [0.29, 0.717) is 16.8 Å². The first-order chi connectivity index (χ1) is 10.5. The van der Waals surface area contributed by atoms with Crippen LogP contribution in [0.5, 0.6) is 0 Å². The molecule has 0 radical (unpaired) electrons. The lowest BCUT2D eigenvalue weighted by atomic mass is 10.2. The van der Waals surface area contributed by atoms with Crippen LogP contribution in [-0.4, -0.2) is 37.4 Å². The van der Waals surface area contributed by atoms with Gasteiger partial charge in [0, 0.05) is 34.7 Å². The summed E-state index contributed by atoms with van der Waals surface area (Å²) >= 11 is 7.83. The zero-order valence-corrected chi connectivity index (χ0v) is 14.2. The molecule has 1 aromatic carbocycles. The molecule has 1 N–H and O–H groups in total. The van der Waals surface area contributed by atoms with Crippen LogP contribution >= 0.6 is 23.4 Å². The lowest BCUT2D eigenvalue weighted by Crippen LogP contribution is -2.35. The van der Waals surface area contributed by atoms with Gasteiger partial charge < -0.3 is 15.0 Å². The van der Waals surface area contributed by atoms with E-state index in [1.165, 1.54) is 7.11 Å². The molecule has 1 heterocycles. The summed E-state index contributed by atoms with van der Waals surface area (Å²) in [6.07, 6.45) is 0.601. The normalized spacial score (nSPS) is 17.4. The first-order valence-electron chi connectivity index (χ1n) is 7.09. The van der Waals surface area contributed by atoms with Crippen molar-refractivity contribution >= 4 is 41.1 Å². The molecule has 120 valence electrons. The van der Waals surface area contributed by atoms with E-state index >= 15 is 0 Å². The molecular weight excluding hydrogens is 324 g/mol. The molecule has 22 heavy (non-hydrogen) atoms. The molecule has 2 amide bonds. The predicted octanol–water partition coefficient (Wildman–Crippen LogP) is 3.30. The number of methoxy groups -OCH3 is 1. The molecule has 0 aliphatic carbocycles. The number of carbonyl (C=O) groups is 2. The monoisotopic (exact) mass is 342 g/mol. The number of carbonyl (C=O) groups excluding carboxylic acids is 2. The standard InChI is InChI=1S/C15H19ClN2O3S/c1-10-6-8-18(14(19)5-7-17-15(20)21-2)12-9-11(16)3-4-13(12)22-10/h3-4,9-10H,5-8H2,1-2H3,(H,17,20)/t10-/m1/s1. The molecule has 1 atom stereocenters. The molecule has 0 saturated heterocycles. The highest BCUT2D eigenvalue weighted by Crippen LogP contribution is 2.39. The van der Waals surface area contributed by atoms with E-state index in [1.807, 2.05) is 18.2 Å². The highest BCUT2D eigenvalue weighted by Gasteiger charge is 2.24. The summed E-state index contributed by atoms with van der Waals surface area (Å²) in [5, 5.41) is 3.57. The van der Waals surface area contributed by atoms with E-state index < -0.39 is 6.09 Å². The number of nitrogens with one attached hydrogen (secondary N) is 1. The summed E-state index contributed by atoms with van der Waals surface area (Å²) in [7, 11) is 1.29.